The summed E-state index contributed by atoms with van der Waals surface area (Å²) in [4.78, 5) is 28.9. The first kappa shape index (κ1) is 26.5. The van der Waals surface area contributed by atoms with Crippen molar-refractivity contribution in [3.8, 4) is 5.75 Å². The SMILES string of the molecule is CCCCNC(=O)C(Cc1ccccc1)N(Cc1cccc(Br)c1)C(=O)Cc1ccc(OC)cc1. The van der Waals surface area contributed by atoms with E-state index in [1.54, 1.807) is 12.0 Å². The number of ether oxygens (including phenoxy) is 1. The lowest BCUT2D eigenvalue weighted by molar-refractivity contribution is -0.140. The largest absolute Gasteiger partial charge is 0.497 e. The van der Waals surface area contributed by atoms with E-state index in [1.165, 1.54) is 0 Å². The lowest BCUT2D eigenvalue weighted by Crippen LogP contribution is -2.51. The van der Waals surface area contributed by atoms with Gasteiger partial charge in [-0.1, -0.05) is 83.9 Å². The number of nitrogens with zero attached hydrogens (tertiary/aromatic N) is 1. The van der Waals surface area contributed by atoms with Crippen molar-refractivity contribution in [3.63, 3.8) is 0 Å². The summed E-state index contributed by atoms with van der Waals surface area (Å²) < 4.78 is 6.18. The summed E-state index contributed by atoms with van der Waals surface area (Å²) in [5, 5.41) is 3.06. The highest BCUT2D eigenvalue weighted by atomic mass is 79.9. The van der Waals surface area contributed by atoms with E-state index in [2.05, 4.69) is 28.2 Å². The molecule has 0 radical (unpaired) electrons. The standard InChI is InChI=1S/C29H33BrN2O3/c1-3-4-17-31-29(34)27(19-22-9-6-5-7-10-22)32(21-24-11-8-12-25(30)18-24)28(33)20-23-13-15-26(35-2)16-14-23/h5-16,18,27H,3-4,17,19-21H2,1-2H3,(H,31,34). The van der Waals surface area contributed by atoms with E-state index in [9.17, 15) is 9.59 Å². The average Bonchev–Trinajstić information content (AvgIpc) is 2.87. The van der Waals surface area contributed by atoms with Crippen LogP contribution in [-0.4, -0.2) is 36.4 Å². The molecule has 2 amide bonds. The third-order valence-corrected chi connectivity index (χ3v) is 6.35. The zero-order chi connectivity index (χ0) is 25.0. The Kier molecular flexibility index (Phi) is 10.4. The van der Waals surface area contributed by atoms with Crippen LogP contribution < -0.4 is 10.1 Å². The monoisotopic (exact) mass is 536 g/mol. The van der Waals surface area contributed by atoms with Crippen molar-refractivity contribution in [1.29, 1.82) is 0 Å². The number of hydrogen-bond donors (Lipinski definition) is 1. The summed E-state index contributed by atoms with van der Waals surface area (Å²) in [6, 6.07) is 24.6. The normalized spacial score (nSPS) is 11.5. The minimum Gasteiger partial charge on any atom is -0.497 e. The Bertz CT molecular complexity index is 1090. The Balaban J connectivity index is 1.92. The first-order valence-corrected chi connectivity index (χ1v) is 12.8. The molecule has 3 aromatic rings. The highest BCUT2D eigenvalue weighted by Crippen LogP contribution is 2.20. The molecular weight excluding hydrogens is 504 g/mol. The summed E-state index contributed by atoms with van der Waals surface area (Å²) in [5.74, 6) is 0.520. The molecule has 0 bridgehead atoms. The second-order valence-corrected chi connectivity index (χ2v) is 9.44. The van der Waals surface area contributed by atoms with Gasteiger partial charge in [0.1, 0.15) is 11.8 Å². The molecule has 3 aromatic carbocycles. The molecule has 1 atom stereocenters. The quantitative estimate of drug-likeness (QED) is 0.308. The first-order chi connectivity index (χ1) is 17.0. The van der Waals surface area contributed by atoms with Crippen LogP contribution in [0.4, 0.5) is 0 Å². The predicted molar refractivity (Wildman–Crippen MR) is 143 cm³/mol. The lowest BCUT2D eigenvalue weighted by atomic mass is 10.0. The highest BCUT2D eigenvalue weighted by Gasteiger charge is 2.30. The Labute approximate surface area is 216 Å². The van der Waals surface area contributed by atoms with Gasteiger partial charge >= 0.3 is 0 Å². The second-order valence-electron chi connectivity index (χ2n) is 8.53. The number of benzene rings is 3. The topological polar surface area (TPSA) is 58.6 Å². The Morgan fingerprint density at radius 1 is 0.943 bits per heavy atom. The fraction of sp³-hybridized carbons (Fsp3) is 0.310. The van der Waals surface area contributed by atoms with Crippen molar-refractivity contribution in [1.82, 2.24) is 10.2 Å². The zero-order valence-corrected chi connectivity index (χ0v) is 22.0. The van der Waals surface area contributed by atoms with Gasteiger partial charge < -0.3 is 15.0 Å². The van der Waals surface area contributed by atoms with Gasteiger partial charge in [0.05, 0.1) is 13.5 Å². The molecule has 0 aliphatic heterocycles. The van der Waals surface area contributed by atoms with Crippen LogP contribution in [-0.2, 0) is 29.0 Å². The summed E-state index contributed by atoms with van der Waals surface area (Å²) >= 11 is 3.52. The van der Waals surface area contributed by atoms with Crippen LogP contribution in [0.15, 0.2) is 83.3 Å². The molecule has 0 aliphatic carbocycles. The smallest absolute Gasteiger partial charge is 0.243 e. The predicted octanol–water partition coefficient (Wildman–Crippen LogP) is 5.56. The van der Waals surface area contributed by atoms with Gasteiger partial charge in [-0.25, -0.2) is 0 Å². The number of hydrogen-bond acceptors (Lipinski definition) is 3. The third kappa shape index (κ3) is 8.25. The highest BCUT2D eigenvalue weighted by molar-refractivity contribution is 9.10. The summed E-state index contributed by atoms with van der Waals surface area (Å²) in [5.41, 5.74) is 2.85. The van der Waals surface area contributed by atoms with Gasteiger partial charge in [0.15, 0.2) is 0 Å². The maximum absolute atomic E-state index is 13.7. The van der Waals surface area contributed by atoms with Crippen molar-refractivity contribution in [2.24, 2.45) is 0 Å². The van der Waals surface area contributed by atoms with Gasteiger partial charge in [0, 0.05) is 24.0 Å². The van der Waals surface area contributed by atoms with Crippen molar-refractivity contribution in [2.45, 2.75) is 45.2 Å². The van der Waals surface area contributed by atoms with E-state index >= 15 is 0 Å². The fourth-order valence-corrected chi connectivity index (χ4v) is 4.36. The molecule has 0 heterocycles. The summed E-state index contributed by atoms with van der Waals surface area (Å²) in [6.45, 7) is 3.02. The van der Waals surface area contributed by atoms with Gasteiger partial charge in [0.25, 0.3) is 0 Å². The average molecular weight is 537 g/mol. The summed E-state index contributed by atoms with van der Waals surface area (Å²) in [7, 11) is 1.62. The molecule has 0 fully saturated rings. The maximum atomic E-state index is 13.7. The number of halogens is 1. The molecule has 5 nitrogen and oxygen atoms in total. The van der Waals surface area contributed by atoms with Gasteiger partial charge in [0.2, 0.25) is 11.8 Å². The van der Waals surface area contributed by atoms with Crippen LogP contribution >= 0.6 is 15.9 Å². The molecule has 6 heteroatoms. The van der Waals surface area contributed by atoms with Gasteiger partial charge in [-0.05, 0) is 47.4 Å². The second kappa shape index (κ2) is 13.7. The molecule has 1 unspecified atom stereocenters. The number of carbonyl (C=O) groups is 2. The van der Waals surface area contributed by atoms with Crippen molar-refractivity contribution in [3.05, 3.63) is 100 Å². The number of unbranched alkanes of at least 4 members (excludes halogenated alkanes) is 1. The number of methoxy groups -OCH3 is 1. The lowest BCUT2D eigenvalue weighted by Gasteiger charge is -2.32. The molecule has 0 aromatic heterocycles. The minimum absolute atomic E-state index is 0.0956. The number of amides is 2. The molecule has 0 saturated carbocycles. The molecule has 1 N–H and O–H groups in total. The molecule has 0 spiro atoms. The van der Waals surface area contributed by atoms with Crippen LogP contribution in [0.5, 0.6) is 5.75 Å². The number of nitrogens with one attached hydrogen (secondary N) is 1. The Morgan fingerprint density at radius 3 is 2.31 bits per heavy atom. The van der Waals surface area contributed by atoms with E-state index in [0.29, 0.717) is 19.5 Å². The van der Waals surface area contributed by atoms with Gasteiger partial charge in [-0.2, -0.15) is 0 Å². The first-order valence-electron chi connectivity index (χ1n) is 12.0. The molecule has 3 rings (SSSR count). The van der Waals surface area contributed by atoms with Crippen LogP contribution in [0.25, 0.3) is 0 Å². The van der Waals surface area contributed by atoms with Crippen LogP contribution in [0.1, 0.15) is 36.5 Å². The van der Waals surface area contributed by atoms with E-state index in [0.717, 1.165) is 39.8 Å². The van der Waals surface area contributed by atoms with E-state index < -0.39 is 6.04 Å². The minimum atomic E-state index is -0.626. The van der Waals surface area contributed by atoms with Crippen LogP contribution in [0, 0.1) is 0 Å². The maximum Gasteiger partial charge on any atom is 0.243 e. The number of rotatable bonds is 12. The van der Waals surface area contributed by atoms with Gasteiger partial charge in [-0.15, -0.1) is 0 Å². The molecule has 184 valence electrons. The number of carbonyl (C=O) groups excluding carboxylic acids is 2. The van der Waals surface area contributed by atoms with E-state index in [4.69, 9.17) is 4.74 Å². The van der Waals surface area contributed by atoms with Crippen molar-refractivity contribution >= 4 is 27.7 Å². The fourth-order valence-electron chi connectivity index (χ4n) is 3.91. The summed E-state index contributed by atoms with van der Waals surface area (Å²) in [6.07, 6.45) is 2.53. The van der Waals surface area contributed by atoms with Crippen LogP contribution in [0.3, 0.4) is 0 Å². The van der Waals surface area contributed by atoms with E-state index in [-0.39, 0.29) is 18.2 Å². The molecule has 35 heavy (non-hydrogen) atoms. The molecular formula is C29H33BrN2O3. The van der Waals surface area contributed by atoms with E-state index in [1.807, 2.05) is 78.9 Å². The zero-order valence-electron chi connectivity index (χ0n) is 20.4. The van der Waals surface area contributed by atoms with Crippen LogP contribution in [0.2, 0.25) is 0 Å². The Morgan fingerprint density at radius 2 is 1.66 bits per heavy atom. The Hall–Kier alpha value is -3.12. The molecule has 0 saturated heterocycles. The van der Waals surface area contributed by atoms with Crippen molar-refractivity contribution in [2.75, 3.05) is 13.7 Å². The molecule has 0 aliphatic rings. The van der Waals surface area contributed by atoms with Gasteiger partial charge in [-0.3, -0.25) is 9.59 Å². The third-order valence-electron chi connectivity index (χ3n) is 5.86. The van der Waals surface area contributed by atoms with Crippen molar-refractivity contribution < 1.29 is 14.3 Å².